The fourth-order valence-corrected chi connectivity index (χ4v) is 8.87. The minimum Gasteiger partial charge on any atom is -0.336 e. The Labute approximate surface area is 345 Å². The van der Waals surface area contributed by atoms with E-state index in [0.29, 0.717) is 12.5 Å². The maximum atomic E-state index is 14.8. The number of allylic oxidation sites excluding steroid dienone is 2. The van der Waals surface area contributed by atoms with Crippen LogP contribution in [0.5, 0.6) is 0 Å². The van der Waals surface area contributed by atoms with E-state index in [4.69, 9.17) is 0 Å². The van der Waals surface area contributed by atoms with E-state index in [1.165, 1.54) is 44.2 Å². The Hall–Kier alpha value is -6.48. The van der Waals surface area contributed by atoms with Gasteiger partial charge < -0.3 is 9.80 Å². The Bertz CT molecular complexity index is 3030. The summed E-state index contributed by atoms with van der Waals surface area (Å²) in [5, 5.41) is 10.5. The van der Waals surface area contributed by atoms with E-state index < -0.39 is 6.17 Å². The fraction of sp³-hybridized carbons (Fsp3) is 0.182. The summed E-state index contributed by atoms with van der Waals surface area (Å²) in [5.74, 6) is 0.251. The third kappa shape index (κ3) is 6.98. The summed E-state index contributed by atoms with van der Waals surface area (Å²) in [4.78, 5) is 4.66. The van der Waals surface area contributed by atoms with E-state index >= 15 is 0 Å². The van der Waals surface area contributed by atoms with Crippen LogP contribution in [0.15, 0.2) is 169 Å². The number of hydrogen-bond donors (Lipinski definition) is 0. The molecule has 0 fully saturated rings. The first-order chi connectivity index (χ1) is 28.7. The highest BCUT2D eigenvalue weighted by atomic mass is 19.1. The highest BCUT2D eigenvalue weighted by Gasteiger charge is 2.25. The summed E-state index contributed by atoms with van der Waals surface area (Å²) in [6.45, 7) is 11.9. The van der Waals surface area contributed by atoms with Crippen LogP contribution in [0.4, 0.5) is 31.5 Å². The molecule has 0 saturated heterocycles. The zero-order valence-corrected chi connectivity index (χ0v) is 34.3. The van der Waals surface area contributed by atoms with Crippen molar-refractivity contribution in [3.05, 3.63) is 191 Å². The molecule has 0 heterocycles. The third-order valence-electron chi connectivity index (χ3n) is 12.1. The topological polar surface area (TPSA) is 6.48 Å². The van der Waals surface area contributed by atoms with Gasteiger partial charge in [-0.1, -0.05) is 136 Å². The van der Waals surface area contributed by atoms with Gasteiger partial charge in [-0.3, -0.25) is 0 Å². The van der Waals surface area contributed by atoms with Gasteiger partial charge in [0.05, 0.1) is 11.4 Å². The van der Waals surface area contributed by atoms with Gasteiger partial charge in [-0.05, 0) is 111 Å². The Morgan fingerprint density at radius 2 is 1.32 bits per heavy atom. The van der Waals surface area contributed by atoms with Gasteiger partial charge in [-0.2, -0.15) is 0 Å². The smallest absolute Gasteiger partial charge is 0.129 e. The van der Waals surface area contributed by atoms with Crippen molar-refractivity contribution in [2.24, 2.45) is 5.92 Å². The molecular formula is C55H48F2N2. The van der Waals surface area contributed by atoms with Gasteiger partial charge in [0.15, 0.2) is 0 Å². The van der Waals surface area contributed by atoms with Crippen molar-refractivity contribution >= 4 is 71.4 Å². The minimum absolute atomic E-state index is 0.211. The van der Waals surface area contributed by atoms with Crippen LogP contribution in [-0.2, 0) is 6.54 Å². The lowest BCUT2D eigenvalue weighted by atomic mass is 9.86. The summed E-state index contributed by atoms with van der Waals surface area (Å²) in [5.41, 5.74) is 11.8. The van der Waals surface area contributed by atoms with Gasteiger partial charge >= 0.3 is 0 Å². The number of anilines is 4. The zero-order chi connectivity index (χ0) is 40.8. The number of nitrogens with zero attached hydrogens (tertiary/aromatic N) is 2. The zero-order valence-electron chi connectivity index (χ0n) is 34.3. The lowest BCUT2D eigenvalue weighted by Crippen LogP contribution is -2.23. The van der Waals surface area contributed by atoms with Gasteiger partial charge in [0.2, 0.25) is 0 Å². The van der Waals surface area contributed by atoms with Gasteiger partial charge in [-0.25, -0.2) is 8.78 Å². The molecule has 292 valence electrons. The molecule has 4 heteroatoms. The standard InChI is InChI=1S/C55H48F2N2/c1-35(2)37(5)45-31-32-49-53(59(44-28-25-42(57)26-29-44)52-22-11-16-39-14-7-9-20-47(39)52)33-50(36(3)4)48-30-23-40(54(45)55(48)49)34-58(43-18-12-17-41(56)24-27-43)51-21-10-15-38-13-6-8-19-46(38)51/h6-11,13-23,25-33,35-36,41H,24,34H2,1-5H3/b45-37+. The van der Waals surface area contributed by atoms with E-state index in [1.807, 2.05) is 24.3 Å². The summed E-state index contributed by atoms with van der Waals surface area (Å²) in [6.07, 6.45) is 4.65. The predicted octanol–water partition coefficient (Wildman–Crippen LogP) is 14.9. The van der Waals surface area contributed by atoms with Crippen molar-refractivity contribution in [3.63, 3.8) is 0 Å². The summed E-state index contributed by atoms with van der Waals surface area (Å²) >= 11 is 0. The van der Waals surface area contributed by atoms with Crippen LogP contribution >= 0.6 is 0 Å². The molecule has 0 saturated carbocycles. The molecule has 0 radical (unpaired) electrons. The van der Waals surface area contributed by atoms with E-state index in [-0.39, 0.29) is 18.2 Å². The van der Waals surface area contributed by atoms with E-state index in [0.717, 1.165) is 55.4 Å². The molecule has 0 spiro atoms. The number of alkyl halides is 1. The van der Waals surface area contributed by atoms with Crippen LogP contribution in [-0.4, -0.2) is 6.17 Å². The van der Waals surface area contributed by atoms with Gasteiger partial charge in [0.1, 0.15) is 12.0 Å². The second-order valence-electron chi connectivity index (χ2n) is 16.4. The predicted molar refractivity (Wildman–Crippen MR) is 247 cm³/mol. The van der Waals surface area contributed by atoms with E-state index in [2.05, 4.69) is 165 Å². The quantitative estimate of drug-likeness (QED) is 0.135. The van der Waals surface area contributed by atoms with Crippen molar-refractivity contribution in [2.75, 3.05) is 9.80 Å². The SMILES string of the molecule is C/C(=c1/ccc2c(N(c3ccc(F)cc3)c3cccc4ccccc34)cc(C(C)C)c3ccc(CN(C4=CCC(F)C=C=C4)c4cccc5ccccc45)c1c32)C(C)C. The van der Waals surface area contributed by atoms with Gasteiger partial charge in [0, 0.05) is 52.3 Å². The van der Waals surface area contributed by atoms with E-state index in [1.54, 1.807) is 12.1 Å². The first kappa shape index (κ1) is 38.1. The third-order valence-corrected chi connectivity index (χ3v) is 12.1. The molecule has 1 unspecified atom stereocenters. The molecule has 1 aliphatic carbocycles. The van der Waals surface area contributed by atoms with Crippen molar-refractivity contribution in [2.45, 2.75) is 59.7 Å². The maximum absolute atomic E-state index is 14.8. The first-order valence-corrected chi connectivity index (χ1v) is 20.7. The van der Waals surface area contributed by atoms with Crippen LogP contribution in [0, 0.1) is 11.7 Å². The normalized spacial score (nSPS) is 14.8. The van der Waals surface area contributed by atoms with E-state index in [9.17, 15) is 8.78 Å². The molecule has 8 aromatic rings. The molecule has 0 aromatic heterocycles. The Balaban J connectivity index is 1.38. The summed E-state index contributed by atoms with van der Waals surface area (Å²) in [7, 11) is 0. The first-order valence-electron chi connectivity index (χ1n) is 20.7. The second kappa shape index (κ2) is 15.7. The molecule has 1 aliphatic rings. The highest BCUT2D eigenvalue weighted by molar-refractivity contribution is 6.19. The van der Waals surface area contributed by atoms with Crippen LogP contribution in [0.1, 0.15) is 58.1 Å². The molecule has 1 atom stereocenters. The summed E-state index contributed by atoms with van der Waals surface area (Å²) < 4.78 is 29.5. The molecule has 9 rings (SSSR count). The van der Waals surface area contributed by atoms with Crippen molar-refractivity contribution in [3.8, 4) is 0 Å². The molecule has 59 heavy (non-hydrogen) atoms. The van der Waals surface area contributed by atoms with Crippen LogP contribution in [0.3, 0.4) is 0 Å². The minimum atomic E-state index is -1.09. The van der Waals surface area contributed by atoms with Gasteiger partial charge in [0.25, 0.3) is 0 Å². The Morgan fingerprint density at radius 3 is 2.02 bits per heavy atom. The Morgan fingerprint density at radius 1 is 0.678 bits per heavy atom. The molecular weight excluding hydrogens is 727 g/mol. The lowest BCUT2D eigenvalue weighted by molar-refractivity contribution is 0.404. The van der Waals surface area contributed by atoms with Crippen LogP contribution in [0.25, 0.3) is 48.7 Å². The maximum Gasteiger partial charge on any atom is 0.129 e. The second-order valence-corrected chi connectivity index (χ2v) is 16.4. The highest BCUT2D eigenvalue weighted by Crippen LogP contribution is 2.47. The number of benzene rings is 8. The largest absolute Gasteiger partial charge is 0.336 e. The van der Waals surface area contributed by atoms with Gasteiger partial charge in [-0.15, -0.1) is 5.73 Å². The molecule has 0 N–H and O–H groups in total. The Kier molecular flexibility index (Phi) is 10.1. The fourth-order valence-electron chi connectivity index (χ4n) is 8.87. The monoisotopic (exact) mass is 774 g/mol. The number of rotatable bonds is 9. The summed E-state index contributed by atoms with van der Waals surface area (Å²) in [6, 6.07) is 48.2. The average Bonchev–Trinajstić information content (AvgIpc) is 3.48. The van der Waals surface area contributed by atoms with Crippen LogP contribution < -0.4 is 15.0 Å². The molecule has 0 aliphatic heterocycles. The molecule has 0 bridgehead atoms. The van der Waals surface area contributed by atoms with Crippen molar-refractivity contribution in [1.29, 1.82) is 0 Å². The number of hydrogen-bond acceptors (Lipinski definition) is 2. The van der Waals surface area contributed by atoms with Crippen molar-refractivity contribution < 1.29 is 8.78 Å². The molecule has 8 aromatic carbocycles. The average molecular weight is 775 g/mol. The number of fused-ring (bicyclic) bond motifs is 2. The van der Waals surface area contributed by atoms with Crippen LogP contribution in [0.2, 0.25) is 0 Å². The molecule has 0 amide bonds. The molecule has 2 nitrogen and oxygen atoms in total. The van der Waals surface area contributed by atoms with Crippen molar-refractivity contribution in [1.82, 2.24) is 0 Å². The number of halogens is 2. The lowest BCUT2D eigenvalue weighted by Gasteiger charge is -2.31.